The molecule has 1 N–H and O–H groups in total. The summed E-state index contributed by atoms with van der Waals surface area (Å²) in [6, 6.07) is 11.0. The van der Waals surface area contributed by atoms with Crippen molar-refractivity contribution < 1.29 is 9.53 Å². The number of hydrogen-bond donors (Lipinski definition) is 1. The van der Waals surface area contributed by atoms with Crippen molar-refractivity contribution in [2.75, 3.05) is 18.2 Å². The SMILES string of the molecule is CCCCn1c(SCC(=O)Nc2cccc(OC)c2)nc2c(sc3ncccc32)c1=O. The molecule has 0 saturated heterocycles. The van der Waals surface area contributed by atoms with E-state index in [0.717, 1.165) is 23.1 Å². The molecule has 1 amide bonds. The number of carbonyl (C=O) groups excluding carboxylic acids is 1. The minimum absolute atomic E-state index is 0.0721. The molecule has 9 heteroatoms. The molecule has 0 spiro atoms. The quantitative estimate of drug-likeness (QED) is 0.311. The molecule has 0 aliphatic carbocycles. The summed E-state index contributed by atoms with van der Waals surface area (Å²) in [4.78, 5) is 35.7. The van der Waals surface area contributed by atoms with E-state index < -0.39 is 0 Å². The van der Waals surface area contributed by atoms with Crippen LogP contribution in [0.3, 0.4) is 0 Å². The van der Waals surface area contributed by atoms with Gasteiger partial charge in [0.1, 0.15) is 15.3 Å². The van der Waals surface area contributed by atoms with Crippen LogP contribution >= 0.6 is 23.1 Å². The van der Waals surface area contributed by atoms with Gasteiger partial charge >= 0.3 is 0 Å². The highest BCUT2D eigenvalue weighted by Gasteiger charge is 2.17. The number of methoxy groups -OCH3 is 1. The van der Waals surface area contributed by atoms with Crippen LogP contribution in [0.2, 0.25) is 0 Å². The van der Waals surface area contributed by atoms with Gasteiger partial charge in [-0.3, -0.25) is 14.2 Å². The Morgan fingerprint density at radius 2 is 2.16 bits per heavy atom. The first-order chi connectivity index (χ1) is 15.1. The van der Waals surface area contributed by atoms with Crippen molar-refractivity contribution in [1.29, 1.82) is 0 Å². The van der Waals surface area contributed by atoms with E-state index in [2.05, 4.69) is 17.2 Å². The minimum atomic E-state index is -0.175. The van der Waals surface area contributed by atoms with Crippen LogP contribution in [0.15, 0.2) is 52.5 Å². The fourth-order valence-corrected chi connectivity index (χ4v) is 5.04. The molecular weight excluding hydrogens is 432 g/mol. The van der Waals surface area contributed by atoms with Gasteiger partial charge in [-0.15, -0.1) is 11.3 Å². The molecule has 0 atom stereocenters. The number of anilines is 1. The van der Waals surface area contributed by atoms with E-state index in [-0.39, 0.29) is 17.2 Å². The van der Waals surface area contributed by atoms with Gasteiger partial charge in [-0.1, -0.05) is 31.2 Å². The highest BCUT2D eigenvalue weighted by molar-refractivity contribution is 7.99. The lowest BCUT2D eigenvalue weighted by Gasteiger charge is -2.12. The van der Waals surface area contributed by atoms with Crippen molar-refractivity contribution in [1.82, 2.24) is 14.5 Å². The van der Waals surface area contributed by atoms with Crippen molar-refractivity contribution in [2.45, 2.75) is 31.5 Å². The largest absolute Gasteiger partial charge is 0.497 e. The monoisotopic (exact) mass is 454 g/mol. The molecule has 160 valence electrons. The summed E-state index contributed by atoms with van der Waals surface area (Å²) >= 11 is 2.64. The first-order valence-electron chi connectivity index (χ1n) is 9.95. The molecule has 1 aromatic carbocycles. The zero-order valence-electron chi connectivity index (χ0n) is 17.3. The molecule has 0 unspecified atom stereocenters. The van der Waals surface area contributed by atoms with Gasteiger partial charge in [-0.05, 0) is 30.7 Å². The molecule has 3 aromatic heterocycles. The van der Waals surface area contributed by atoms with E-state index in [0.29, 0.717) is 33.4 Å². The zero-order valence-corrected chi connectivity index (χ0v) is 18.9. The Labute approximate surface area is 187 Å². The van der Waals surface area contributed by atoms with E-state index in [1.807, 2.05) is 24.3 Å². The van der Waals surface area contributed by atoms with Gasteiger partial charge in [-0.2, -0.15) is 0 Å². The number of fused-ring (bicyclic) bond motifs is 3. The number of thiophene rings is 1. The summed E-state index contributed by atoms with van der Waals surface area (Å²) in [5, 5.41) is 4.28. The number of pyridine rings is 1. The summed E-state index contributed by atoms with van der Waals surface area (Å²) in [6.07, 6.45) is 3.53. The molecule has 4 rings (SSSR count). The van der Waals surface area contributed by atoms with E-state index in [1.54, 1.807) is 30.0 Å². The Balaban J connectivity index is 1.62. The van der Waals surface area contributed by atoms with Gasteiger partial charge in [0.15, 0.2) is 5.16 Å². The first kappa shape index (κ1) is 21.3. The number of thioether (sulfide) groups is 1. The predicted octanol–water partition coefficient (Wildman–Crippen LogP) is 4.55. The number of ether oxygens (including phenoxy) is 1. The Morgan fingerprint density at radius 3 is 2.97 bits per heavy atom. The van der Waals surface area contributed by atoms with Crippen molar-refractivity contribution in [3.8, 4) is 5.75 Å². The molecule has 0 saturated carbocycles. The maximum atomic E-state index is 13.2. The maximum absolute atomic E-state index is 13.2. The highest BCUT2D eigenvalue weighted by Crippen LogP contribution is 2.30. The fraction of sp³-hybridized carbons (Fsp3) is 0.273. The van der Waals surface area contributed by atoms with Crippen LogP contribution in [-0.4, -0.2) is 33.3 Å². The average Bonchev–Trinajstić information content (AvgIpc) is 3.16. The van der Waals surface area contributed by atoms with Gasteiger partial charge in [0, 0.05) is 29.9 Å². The van der Waals surface area contributed by atoms with Crippen molar-refractivity contribution in [3.63, 3.8) is 0 Å². The Bertz CT molecular complexity index is 1300. The van der Waals surface area contributed by atoms with Crippen LogP contribution in [0, 0.1) is 0 Å². The van der Waals surface area contributed by atoms with Crippen LogP contribution in [-0.2, 0) is 11.3 Å². The normalized spacial score (nSPS) is 11.2. The van der Waals surface area contributed by atoms with E-state index >= 15 is 0 Å². The number of unbranched alkanes of at least 4 members (excludes halogenated alkanes) is 1. The lowest BCUT2D eigenvalue weighted by atomic mass is 10.3. The van der Waals surface area contributed by atoms with Crippen LogP contribution in [0.1, 0.15) is 19.8 Å². The predicted molar refractivity (Wildman–Crippen MR) is 126 cm³/mol. The van der Waals surface area contributed by atoms with Crippen LogP contribution in [0.5, 0.6) is 5.75 Å². The minimum Gasteiger partial charge on any atom is -0.497 e. The van der Waals surface area contributed by atoms with Crippen LogP contribution in [0.4, 0.5) is 5.69 Å². The van der Waals surface area contributed by atoms with E-state index in [1.165, 1.54) is 23.1 Å². The summed E-state index contributed by atoms with van der Waals surface area (Å²) in [5.74, 6) is 0.636. The zero-order chi connectivity index (χ0) is 21.8. The molecule has 0 bridgehead atoms. The number of amides is 1. The molecule has 0 aliphatic heterocycles. The lowest BCUT2D eigenvalue weighted by Crippen LogP contribution is -2.23. The number of carbonyl (C=O) groups is 1. The average molecular weight is 455 g/mol. The molecule has 4 aromatic rings. The second kappa shape index (κ2) is 9.49. The number of benzene rings is 1. The smallest absolute Gasteiger partial charge is 0.272 e. The number of rotatable bonds is 8. The Morgan fingerprint density at radius 1 is 1.29 bits per heavy atom. The highest BCUT2D eigenvalue weighted by atomic mass is 32.2. The summed E-state index contributed by atoms with van der Waals surface area (Å²) in [5.41, 5.74) is 1.24. The van der Waals surface area contributed by atoms with E-state index in [9.17, 15) is 9.59 Å². The molecule has 0 fully saturated rings. The second-order valence-corrected chi connectivity index (χ2v) is 8.85. The van der Waals surface area contributed by atoms with Gasteiger partial charge < -0.3 is 10.1 Å². The van der Waals surface area contributed by atoms with Crippen molar-refractivity contribution in [2.24, 2.45) is 0 Å². The standard InChI is InChI=1S/C22H22N4O3S2/c1-3-4-11-26-21(28)19-18(16-9-6-10-23-20(16)31-19)25-22(26)30-13-17(27)24-14-7-5-8-15(12-14)29-2/h5-10,12H,3-4,11,13H2,1-2H3,(H,24,27). The van der Waals surface area contributed by atoms with Crippen LogP contribution < -0.4 is 15.6 Å². The molecule has 31 heavy (non-hydrogen) atoms. The Kier molecular flexibility index (Phi) is 6.53. The van der Waals surface area contributed by atoms with Crippen LogP contribution in [0.25, 0.3) is 20.4 Å². The van der Waals surface area contributed by atoms with Gasteiger partial charge in [-0.25, -0.2) is 9.97 Å². The molecule has 0 radical (unpaired) electrons. The van der Waals surface area contributed by atoms with Crippen molar-refractivity contribution in [3.05, 3.63) is 52.9 Å². The Hall–Kier alpha value is -2.91. The summed E-state index contributed by atoms with van der Waals surface area (Å²) < 4.78 is 7.48. The lowest BCUT2D eigenvalue weighted by molar-refractivity contribution is -0.113. The summed E-state index contributed by atoms with van der Waals surface area (Å²) in [6.45, 7) is 2.65. The molecule has 3 heterocycles. The third kappa shape index (κ3) is 4.57. The number of hydrogen-bond acceptors (Lipinski definition) is 7. The third-order valence-corrected chi connectivity index (χ3v) is 6.81. The number of aromatic nitrogens is 3. The molecule has 0 aliphatic rings. The molecular formula is C22H22N4O3S2. The first-order valence-corrected chi connectivity index (χ1v) is 11.8. The second-order valence-electron chi connectivity index (χ2n) is 6.91. The summed E-state index contributed by atoms with van der Waals surface area (Å²) in [7, 11) is 1.58. The van der Waals surface area contributed by atoms with Crippen molar-refractivity contribution >= 4 is 55.1 Å². The molecule has 7 nitrogen and oxygen atoms in total. The van der Waals surface area contributed by atoms with Gasteiger partial charge in [0.2, 0.25) is 5.91 Å². The topological polar surface area (TPSA) is 86.1 Å². The number of nitrogens with one attached hydrogen (secondary N) is 1. The van der Waals surface area contributed by atoms with E-state index in [4.69, 9.17) is 9.72 Å². The van der Waals surface area contributed by atoms with Gasteiger partial charge in [0.05, 0.1) is 18.4 Å². The maximum Gasteiger partial charge on any atom is 0.272 e. The third-order valence-electron chi connectivity index (χ3n) is 4.74. The van der Waals surface area contributed by atoms with Gasteiger partial charge in [0.25, 0.3) is 5.56 Å². The fourth-order valence-electron chi connectivity index (χ4n) is 3.19. The number of nitrogens with zero attached hydrogens (tertiary/aromatic N) is 3.